The minimum atomic E-state index is 0.158. The van der Waals surface area contributed by atoms with Gasteiger partial charge in [-0.2, -0.15) is 4.98 Å². The van der Waals surface area contributed by atoms with Gasteiger partial charge in [-0.3, -0.25) is 4.79 Å². The Kier molecular flexibility index (Phi) is 4.30. The number of amides is 1. The monoisotopic (exact) mass is 253 g/mol. The molecule has 100 valence electrons. The quantitative estimate of drug-likeness (QED) is 0.776. The van der Waals surface area contributed by atoms with Crippen molar-refractivity contribution in [2.24, 2.45) is 5.92 Å². The molecule has 1 atom stereocenters. The van der Waals surface area contributed by atoms with Crippen LogP contribution in [0.2, 0.25) is 0 Å². The summed E-state index contributed by atoms with van der Waals surface area (Å²) in [7, 11) is 1.81. The number of hydrogen-bond donors (Lipinski definition) is 0. The maximum absolute atomic E-state index is 11.9. The van der Waals surface area contributed by atoms with Gasteiger partial charge in [-0.1, -0.05) is 5.16 Å². The van der Waals surface area contributed by atoms with Crippen molar-refractivity contribution < 1.29 is 14.1 Å². The second-order valence-electron chi connectivity index (χ2n) is 4.73. The van der Waals surface area contributed by atoms with Crippen LogP contribution in [0.3, 0.4) is 0 Å². The average Bonchev–Trinajstić information content (AvgIpc) is 2.97. The van der Waals surface area contributed by atoms with Crippen LogP contribution in [0.4, 0.5) is 0 Å². The molecule has 0 unspecified atom stereocenters. The summed E-state index contributed by atoms with van der Waals surface area (Å²) >= 11 is 0. The van der Waals surface area contributed by atoms with E-state index in [1.165, 1.54) is 0 Å². The summed E-state index contributed by atoms with van der Waals surface area (Å²) in [6.07, 6.45) is 2.19. The number of likely N-dealkylation sites (N-methyl/N-ethyl adjacent to an activating group) is 1. The number of nitrogens with zero attached hydrogens (tertiary/aromatic N) is 3. The molecular weight excluding hydrogens is 234 g/mol. The fourth-order valence-electron chi connectivity index (χ4n) is 1.98. The van der Waals surface area contributed by atoms with Gasteiger partial charge in [-0.05, 0) is 12.3 Å². The molecule has 6 nitrogen and oxygen atoms in total. The number of ether oxygens (including phenoxy) is 1. The summed E-state index contributed by atoms with van der Waals surface area (Å²) < 4.78 is 10.2. The van der Waals surface area contributed by atoms with E-state index < -0.39 is 0 Å². The van der Waals surface area contributed by atoms with E-state index in [1.807, 2.05) is 7.05 Å². The molecule has 1 aliphatic heterocycles. The summed E-state index contributed by atoms with van der Waals surface area (Å²) in [5, 5.41) is 3.81. The van der Waals surface area contributed by atoms with Gasteiger partial charge in [0.1, 0.15) is 0 Å². The van der Waals surface area contributed by atoms with Gasteiger partial charge in [0.05, 0.1) is 0 Å². The molecule has 0 saturated carbocycles. The minimum Gasteiger partial charge on any atom is -0.381 e. The number of aryl methyl sites for hydroxylation is 1. The highest BCUT2D eigenvalue weighted by Gasteiger charge is 2.21. The SMILES string of the molecule is Cc1nc(CCN(C)C(=O)C[C@@H]2CCOC2)no1. The van der Waals surface area contributed by atoms with E-state index in [0.29, 0.717) is 43.6 Å². The van der Waals surface area contributed by atoms with Gasteiger partial charge in [0.2, 0.25) is 11.8 Å². The summed E-state index contributed by atoms with van der Waals surface area (Å²) in [6.45, 7) is 3.87. The standard InChI is InChI=1S/C12H19N3O3/c1-9-13-11(14-18-9)3-5-15(2)12(16)7-10-4-6-17-8-10/h10H,3-8H2,1-2H3/t10-/m0/s1. The van der Waals surface area contributed by atoms with Gasteiger partial charge in [-0.15, -0.1) is 0 Å². The van der Waals surface area contributed by atoms with E-state index >= 15 is 0 Å². The fraction of sp³-hybridized carbons (Fsp3) is 0.750. The molecule has 0 spiro atoms. The van der Waals surface area contributed by atoms with Crippen LogP contribution in [-0.2, 0) is 16.0 Å². The van der Waals surface area contributed by atoms with Crippen LogP contribution in [-0.4, -0.2) is 47.8 Å². The molecule has 1 amide bonds. The Morgan fingerprint density at radius 3 is 3.00 bits per heavy atom. The molecule has 2 rings (SSSR count). The Bertz CT molecular complexity index is 399. The zero-order valence-corrected chi connectivity index (χ0v) is 10.9. The summed E-state index contributed by atoms with van der Waals surface area (Å²) in [4.78, 5) is 17.8. The molecule has 18 heavy (non-hydrogen) atoms. The summed E-state index contributed by atoms with van der Waals surface area (Å²) in [5.74, 6) is 1.75. The van der Waals surface area contributed by atoms with Crippen LogP contribution in [0, 0.1) is 12.8 Å². The van der Waals surface area contributed by atoms with Crippen molar-refractivity contribution in [3.63, 3.8) is 0 Å². The van der Waals surface area contributed by atoms with Gasteiger partial charge in [0.15, 0.2) is 5.82 Å². The van der Waals surface area contributed by atoms with E-state index in [9.17, 15) is 4.79 Å². The van der Waals surface area contributed by atoms with Crippen molar-refractivity contribution in [2.45, 2.75) is 26.2 Å². The molecule has 1 aromatic rings. The van der Waals surface area contributed by atoms with Crippen molar-refractivity contribution in [2.75, 3.05) is 26.8 Å². The minimum absolute atomic E-state index is 0.158. The first-order chi connectivity index (χ1) is 8.65. The van der Waals surface area contributed by atoms with Gasteiger partial charge in [0, 0.05) is 46.6 Å². The lowest BCUT2D eigenvalue weighted by Gasteiger charge is -2.17. The van der Waals surface area contributed by atoms with Gasteiger partial charge >= 0.3 is 0 Å². The van der Waals surface area contributed by atoms with Gasteiger partial charge in [0.25, 0.3) is 0 Å². The Labute approximate surface area is 106 Å². The van der Waals surface area contributed by atoms with E-state index in [0.717, 1.165) is 13.0 Å². The number of carbonyl (C=O) groups is 1. The second-order valence-corrected chi connectivity index (χ2v) is 4.73. The maximum Gasteiger partial charge on any atom is 0.223 e. The third kappa shape index (κ3) is 3.53. The third-order valence-corrected chi connectivity index (χ3v) is 3.15. The van der Waals surface area contributed by atoms with E-state index in [4.69, 9.17) is 9.26 Å². The van der Waals surface area contributed by atoms with Crippen molar-refractivity contribution in [1.29, 1.82) is 0 Å². The second kappa shape index (κ2) is 5.95. The molecule has 1 aromatic heterocycles. The molecule has 0 aliphatic carbocycles. The highest BCUT2D eigenvalue weighted by Crippen LogP contribution is 2.17. The van der Waals surface area contributed by atoms with Crippen molar-refractivity contribution in [3.8, 4) is 0 Å². The number of rotatable bonds is 5. The van der Waals surface area contributed by atoms with Crippen LogP contribution < -0.4 is 0 Å². The predicted octanol–water partition coefficient (Wildman–Crippen LogP) is 0.806. The molecule has 0 aromatic carbocycles. The molecule has 6 heteroatoms. The van der Waals surface area contributed by atoms with Crippen molar-refractivity contribution >= 4 is 5.91 Å². The topological polar surface area (TPSA) is 68.5 Å². The van der Waals surface area contributed by atoms with E-state index in [-0.39, 0.29) is 5.91 Å². The van der Waals surface area contributed by atoms with Gasteiger partial charge < -0.3 is 14.2 Å². The van der Waals surface area contributed by atoms with E-state index in [1.54, 1.807) is 11.8 Å². The van der Waals surface area contributed by atoms with Gasteiger partial charge in [-0.25, -0.2) is 0 Å². The molecule has 2 heterocycles. The number of aromatic nitrogens is 2. The number of carbonyl (C=O) groups excluding carboxylic acids is 1. The molecule has 1 fully saturated rings. The molecule has 0 radical (unpaired) electrons. The fourth-order valence-corrected chi connectivity index (χ4v) is 1.98. The first kappa shape index (κ1) is 13.0. The average molecular weight is 253 g/mol. The highest BCUT2D eigenvalue weighted by molar-refractivity contribution is 5.76. The lowest BCUT2D eigenvalue weighted by molar-refractivity contribution is -0.130. The zero-order chi connectivity index (χ0) is 13.0. The first-order valence-corrected chi connectivity index (χ1v) is 6.26. The number of hydrogen-bond acceptors (Lipinski definition) is 5. The Morgan fingerprint density at radius 1 is 1.56 bits per heavy atom. The molecule has 0 bridgehead atoms. The Hall–Kier alpha value is -1.43. The Morgan fingerprint density at radius 2 is 2.39 bits per heavy atom. The van der Waals surface area contributed by atoms with Crippen LogP contribution in [0.15, 0.2) is 4.52 Å². The summed E-state index contributed by atoms with van der Waals surface area (Å²) in [5.41, 5.74) is 0. The van der Waals surface area contributed by atoms with Crippen LogP contribution >= 0.6 is 0 Å². The molecule has 1 saturated heterocycles. The molecular formula is C12H19N3O3. The van der Waals surface area contributed by atoms with Crippen molar-refractivity contribution in [3.05, 3.63) is 11.7 Å². The zero-order valence-electron chi connectivity index (χ0n) is 10.9. The Balaban J connectivity index is 1.73. The first-order valence-electron chi connectivity index (χ1n) is 6.26. The lowest BCUT2D eigenvalue weighted by Crippen LogP contribution is -2.30. The maximum atomic E-state index is 11.9. The molecule has 0 N–H and O–H groups in total. The lowest BCUT2D eigenvalue weighted by atomic mass is 10.0. The van der Waals surface area contributed by atoms with Crippen LogP contribution in [0.1, 0.15) is 24.6 Å². The largest absolute Gasteiger partial charge is 0.381 e. The smallest absolute Gasteiger partial charge is 0.223 e. The predicted molar refractivity (Wildman–Crippen MR) is 63.9 cm³/mol. The third-order valence-electron chi connectivity index (χ3n) is 3.15. The normalized spacial score (nSPS) is 19.1. The summed E-state index contributed by atoms with van der Waals surface area (Å²) in [6, 6.07) is 0. The van der Waals surface area contributed by atoms with E-state index in [2.05, 4.69) is 10.1 Å². The highest BCUT2D eigenvalue weighted by atomic mass is 16.5. The van der Waals surface area contributed by atoms with Crippen LogP contribution in [0.25, 0.3) is 0 Å². The van der Waals surface area contributed by atoms with Crippen LogP contribution in [0.5, 0.6) is 0 Å². The van der Waals surface area contributed by atoms with Crippen molar-refractivity contribution in [1.82, 2.24) is 15.0 Å². The molecule has 1 aliphatic rings.